The van der Waals surface area contributed by atoms with Gasteiger partial charge in [-0.05, 0) is 61.4 Å². The molecule has 1 aromatic heterocycles. The number of rotatable bonds is 10. The van der Waals surface area contributed by atoms with Gasteiger partial charge in [0.15, 0.2) is 0 Å². The number of alkyl halides is 3. The van der Waals surface area contributed by atoms with Crippen molar-refractivity contribution >= 4 is 45.2 Å². The van der Waals surface area contributed by atoms with E-state index in [9.17, 15) is 17.7 Å². The van der Waals surface area contributed by atoms with Crippen molar-refractivity contribution in [1.82, 2.24) is 4.90 Å². The van der Waals surface area contributed by atoms with Gasteiger partial charge in [0.25, 0.3) is 0 Å². The zero-order chi connectivity index (χ0) is 29.6. The molecule has 0 bridgehead atoms. The minimum atomic E-state index is -4.35. The monoisotopic (exact) mass is 607 g/mol. The summed E-state index contributed by atoms with van der Waals surface area (Å²) in [6.07, 6.45) is -3.47. The minimum absolute atomic E-state index is 0.206. The van der Waals surface area contributed by atoms with E-state index in [1.54, 1.807) is 44.7 Å². The molecule has 0 aliphatic carbocycles. The molecule has 1 aliphatic rings. The predicted octanol–water partition coefficient (Wildman–Crippen LogP) is 6.25. The number of nitrogens with one attached hydrogen (secondary N) is 2. The van der Waals surface area contributed by atoms with E-state index in [-0.39, 0.29) is 18.2 Å². The number of fused-ring (bicyclic) bond motifs is 1. The zero-order valence-corrected chi connectivity index (χ0v) is 25.6. The first-order chi connectivity index (χ1) is 19.5. The highest BCUT2D eigenvalue weighted by molar-refractivity contribution is 7.70. The topological polar surface area (TPSA) is 62.8 Å². The fourth-order valence-electron chi connectivity index (χ4n) is 4.93. The van der Waals surface area contributed by atoms with Crippen molar-refractivity contribution in [2.24, 2.45) is 0 Å². The summed E-state index contributed by atoms with van der Waals surface area (Å²) in [4.78, 5) is 2.79. The van der Waals surface area contributed by atoms with Gasteiger partial charge in [0.1, 0.15) is 12.9 Å². The lowest BCUT2D eigenvalue weighted by atomic mass is 10.0. The summed E-state index contributed by atoms with van der Waals surface area (Å²) < 4.78 is 64.7. The number of anilines is 2. The Balaban J connectivity index is 1.54. The number of benzene rings is 2. The van der Waals surface area contributed by atoms with E-state index >= 15 is 0 Å². The SMILES string of the molecule is COCCN1CCC(Nc2cccc3c(CC(F)(F)F)c(C#CCNc4ccc(P(C)(C)=O)cc4OC)sc23)CC1. The molecule has 4 rings (SSSR count). The molecule has 3 aromatic rings. The van der Waals surface area contributed by atoms with Gasteiger partial charge in [-0.3, -0.25) is 0 Å². The predicted molar refractivity (Wildman–Crippen MR) is 164 cm³/mol. The van der Waals surface area contributed by atoms with Crippen molar-refractivity contribution in [1.29, 1.82) is 0 Å². The van der Waals surface area contributed by atoms with Gasteiger partial charge in [-0.1, -0.05) is 24.0 Å². The molecule has 0 spiro atoms. The summed E-state index contributed by atoms with van der Waals surface area (Å²) >= 11 is 1.30. The van der Waals surface area contributed by atoms with Crippen molar-refractivity contribution in [2.45, 2.75) is 31.5 Å². The van der Waals surface area contributed by atoms with Crippen LogP contribution in [0.15, 0.2) is 36.4 Å². The van der Waals surface area contributed by atoms with Crippen molar-refractivity contribution in [3.05, 3.63) is 46.8 Å². The molecule has 2 heterocycles. The molecule has 0 radical (unpaired) electrons. The van der Waals surface area contributed by atoms with Crippen molar-refractivity contribution in [2.75, 3.05) is 71.0 Å². The summed E-state index contributed by atoms with van der Waals surface area (Å²) in [6.45, 7) is 7.10. The van der Waals surface area contributed by atoms with Crippen LogP contribution >= 0.6 is 18.5 Å². The van der Waals surface area contributed by atoms with Crippen molar-refractivity contribution in [3.8, 4) is 17.6 Å². The first-order valence-corrected chi connectivity index (χ1v) is 17.0. The molecular weight excluding hydrogens is 570 g/mol. The van der Waals surface area contributed by atoms with Crippen molar-refractivity contribution < 1.29 is 27.2 Å². The van der Waals surface area contributed by atoms with Crippen LogP contribution in [0.25, 0.3) is 10.1 Å². The number of hydrogen-bond acceptors (Lipinski definition) is 7. The molecule has 0 atom stereocenters. The zero-order valence-electron chi connectivity index (χ0n) is 23.9. The second-order valence-corrected chi connectivity index (χ2v) is 14.8. The molecule has 41 heavy (non-hydrogen) atoms. The van der Waals surface area contributed by atoms with E-state index in [0.717, 1.165) is 42.9 Å². The molecule has 1 fully saturated rings. The van der Waals surface area contributed by atoms with Crippen LogP contribution in [0.4, 0.5) is 24.5 Å². The normalized spacial score (nSPS) is 15.0. The number of likely N-dealkylation sites (tertiary alicyclic amines) is 1. The van der Waals surface area contributed by atoms with Crippen molar-refractivity contribution in [3.63, 3.8) is 0 Å². The highest BCUT2D eigenvalue weighted by atomic mass is 32.1. The van der Waals surface area contributed by atoms with Gasteiger partial charge in [-0.25, -0.2) is 0 Å². The minimum Gasteiger partial charge on any atom is -0.495 e. The highest BCUT2D eigenvalue weighted by Gasteiger charge is 2.31. The molecule has 6 nitrogen and oxygen atoms in total. The summed E-state index contributed by atoms with van der Waals surface area (Å²) in [5.41, 5.74) is 1.74. The fraction of sp³-hybridized carbons (Fsp3) is 0.467. The van der Waals surface area contributed by atoms with Gasteiger partial charge in [-0.2, -0.15) is 13.2 Å². The third-order valence-corrected chi connectivity index (χ3v) is 9.85. The lowest BCUT2D eigenvalue weighted by molar-refractivity contribution is -0.126. The van der Waals surface area contributed by atoms with Gasteiger partial charge >= 0.3 is 6.18 Å². The Labute approximate surface area is 244 Å². The summed E-state index contributed by atoms with van der Waals surface area (Å²) in [5.74, 6) is 6.53. The van der Waals surface area contributed by atoms with E-state index in [1.807, 2.05) is 12.1 Å². The molecule has 222 valence electrons. The third-order valence-electron chi connectivity index (χ3n) is 7.13. The van der Waals surface area contributed by atoms with Crippen LogP contribution in [0.1, 0.15) is 23.3 Å². The number of nitrogens with zero attached hydrogens (tertiary/aromatic N) is 1. The molecule has 0 unspecified atom stereocenters. The molecule has 1 saturated heterocycles. The largest absolute Gasteiger partial charge is 0.495 e. The van der Waals surface area contributed by atoms with Gasteiger partial charge in [-0.15, -0.1) is 11.3 Å². The van der Waals surface area contributed by atoms with E-state index in [2.05, 4.69) is 27.4 Å². The number of thiophene rings is 1. The highest BCUT2D eigenvalue weighted by Crippen LogP contribution is 2.40. The van der Waals surface area contributed by atoms with Gasteiger partial charge in [0.05, 0.1) is 47.6 Å². The number of piperidine rings is 1. The third kappa shape index (κ3) is 8.42. The van der Waals surface area contributed by atoms with Crippen LogP contribution < -0.4 is 20.7 Å². The van der Waals surface area contributed by atoms with E-state index in [1.165, 1.54) is 18.4 Å². The van der Waals surface area contributed by atoms with Gasteiger partial charge < -0.3 is 29.6 Å². The van der Waals surface area contributed by atoms with Crippen LogP contribution in [0.5, 0.6) is 5.75 Å². The molecule has 2 aromatic carbocycles. The smallest absolute Gasteiger partial charge is 0.393 e. The summed E-state index contributed by atoms with van der Waals surface area (Å²) in [7, 11) is 0.783. The maximum atomic E-state index is 13.6. The fourth-order valence-corrected chi connectivity index (χ4v) is 6.96. The van der Waals surface area contributed by atoms with E-state index in [0.29, 0.717) is 33.6 Å². The average Bonchev–Trinajstić information content (AvgIpc) is 3.26. The second kappa shape index (κ2) is 13.5. The van der Waals surface area contributed by atoms with E-state index in [4.69, 9.17) is 9.47 Å². The standard InChI is InChI=1S/C30H37F3N3O3PS/c1-38-18-17-36-15-12-21(13-16-36)35-26-8-5-7-23-24(20-30(31,32)33)28(41-29(23)26)9-6-14-34-25-11-10-22(40(3,4)37)19-27(25)39-2/h5,7-8,10-11,19,21,34-35H,12-18,20H2,1-4H3. The molecule has 1 aliphatic heterocycles. The molecule has 0 amide bonds. The van der Waals surface area contributed by atoms with Gasteiger partial charge in [0.2, 0.25) is 0 Å². The summed E-state index contributed by atoms with van der Waals surface area (Å²) in [6, 6.07) is 11.1. The lowest BCUT2D eigenvalue weighted by Gasteiger charge is -2.32. The second-order valence-electron chi connectivity index (χ2n) is 10.5. The summed E-state index contributed by atoms with van der Waals surface area (Å²) in [5, 5.41) is 8.06. The van der Waals surface area contributed by atoms with Crippen LogP contribution in [-0.2, 0) is 15.7 Å². The number of halogens is 3. The molecule has 0 saturated carbocycles. The molecule has 2 N–H and O–H groups in total. The number of hydrogen-bond donors (Lipinski definition) is 2. The first-order valence-electron chi connectivity index (χ1n) is 13.5. The first kappa shape index (κ1) is 31.2. The van der Waals surface area contributed by atoms with Crippen LogP contribution in [0, 0.1) is 11.8 Å². The lowest BCUT2D eigenvalue weighted by Crippen LogP contribution is -2.40. The Morgan fingerprint density at radius 2 is 1.88 bits per heavy atom. The van der Waals surface area contributed by atoms with Crippen LogP contribution in [0.2, 0.25) is 0 Å². The van der Waals surface area contributed by atoms with Crippen LogP contribution in [-0.4, -0.2) is 77.5 Å². The van der Waals surface area contributed by atoms with E-state index < -0.39 is 19.7 Å². The van der Waals surface area contributed by atoms with Crippen LogP contribution in [0.3, 0.4) is 0 Å². The Morgan fingerprint density at radius 1 is 1.12 bits per heavy atom. The molecule has 11 heteroatoms. The maximum absolute atomic E-state index is 13.6. The van der Waals surface area contributed by atoms with Gasteiger partial charge in [0, 0.05) is 38.1 Å². The molecular formula is C30H37F3N3O3PS. The Kier molecular flexibility index (Phi) is 10.3. The quantitative estimate of drug-likeness (QED) is 0.210. The number of ether oxygens (including phenoxy) is 2. The maximum Gasteiger partial charge on any atom is 0.393 e. The Hall–Kier alpha value is -2.70. The Bertz CT molecular complexity index is 1450. The number of methoxy groups -OCH3 is 2. The Morgan fingerprint density at radius 3 is 2.54 bits per heavy atom. The average molecular weight is 608 g/mol.